The number of nitrogens with one attached hydrogen (secondary N) is 1. The van der Waals surface area contributed by atoms with Crippen LogP contribution in [0.5, 0.6) is 0 Å². The lowest BCUT2D eigenvalue weighted by Crippen LogP contribution is -2.46. The molecule has 0 saturated heterocycles. The van der Waals surface area contributed by atoms with Gasteiger partial charge in [-0.05, 0) is 87.3 Å². The molecule has 0 aliphatic heterocycles. The molecule has 5 nitrogen and oxygen atoms in total. The fraction of sp³-hybridized carbons (Fsp3) is 0.458. The highest BCUT2D eigenvalue weighted by molar-refractivity contribution is 7.92. The number of sulfonamides is 1. The van der Waals surface area contributed by atoms with E-state index in [9.17, 15) is 13.2 Å². The molecule has 3 atom stereocenters. The highest BCUT2D eigenvalue weighted by Gasteiger charge is 2.40. The summed E-state index contributed by atoms with van der Waals surface area (Å²) in [7, 11) is -3.87. The van der Waals surface area contributed by atoms with Gasteiger partial charge >= 0.3 is 0 Å². The minimum absolute atomic E-state index is 0.180. The maximum atomic E-state index is 13.5. The highest BCUT2D eigenvalue weighted by Crippen LogP contribution is 2.44. The number of amides is 1. The summed E-state index contributed by atoms with van der Waals surface area (Å²) in [5, 5.41) is 3.12. The molecule has 2 fully saturated rings. The lowest BCUT2D eigenvalue weighted by molar-refractivity contribution is -0.120. The van der Waals surface area contributed by atoms with Crippen molar-refractivity contribution < 1.29 is 13.2 Å². The van der Waals surface area contributed by atoms with Gasteiger partial charge in [0, 0.05) is 6.04 Å². The summed E-state index contributed by atoms with van der Waals surface area (Å²) in [6, 6.07) is 12.5. The quantitative estimate of drug-likeness (QED) is 0.756. The van der Waals surface area contributed by atoms with Crippen LogP contribution in [-0.2, 0) is 14.8 Å². The van der Waals surface area contributed by atoms with Gasteiger partial charge in [0.05, 0.1) is 10.6 Å². The van der Waals surface area contributed by atoms with E-state index in [0.717, 1.165) is 29.5 Å². The third-order valence-electron chi connectivity index (χ3n) is 6.76. The van der Waals surface area contributed by atoms with E-state index >= 15 is 0 Å². The first-order chi connectivity index (χ1) is 14.2. The van der Waals surface area contributed by atoms with Crippen molar-refractivity contribution in [3.63, 3.8) is 0 Å². The Kier molecular flexibility index (Phi) is 5.62. The first-order valence-electron chi connectivity index (χ1n) is 10.7. The van der Waals surface area contributed by atoms with Crippen LogP contribution in [0.4, 0.5) is 5.69 Å². The van der Waals surface area contributed by atoms with Crippen molar-refractivity contribution in [2.75, 3.05) is 10.8 Å². The van der Waals surface area contributed by atoms with Gasteiger partial charge in [-0.2, -0.15) is 0 Å². The van der Waals surface area contributed by atoms with Crippen molar-refractivity contribution in [3.8, 4) is 0 Å². The van der Waals surface area contributed by atoms with Crippen LogP contribution in [-0.4, -0.2) is 26.9 Å². The van der Waals surface area contributed by atoms with Gasteiger partial charge in [0.25, 0.3) is 10.0 Å². The number of hydrogen-bond donors (Lipinski definition) is 1. The normalized spacial score (nSPS) is 22.8. The molecule has 2 bridgehead atoms. The van der Waals surface area contributed by atoms with E-state index in [1.165, 1.54) is 17.1 Å². The topological polar surface area (TPSA) is 66.5 Å². The Morgan fingerprint density at radius 2 is 1.73 bits per heavy atom. The van der Waals surface area contributed by atoms with Crippen molar-refractivity contribution in [1.82, 2.24) is 5.32 Å². The minimum Gasteiger partial charge on any atom is -0.352 e. The van der Waals surface area contributed by atoms with Crippen LogP contribution in [0, 0.1) is 32.6 Å². The Morgan fingerprint density at radius 1 is 1.00 bits per heavy atom. The van der Waals surface area contributed by atoms with Crippen LogP contribution < -0.4 is 9.62 Å². The predicted octanol–water partition coefficient (Wildman–Crippen LogP) is 4.11. The lowest BCUT2D eigenvalue weighted by atomic mass is 9.95. The van der Waals surface area contributed by atoms with Crippen LogP contribution in [0.2, 0.25) is 0 Å². The zero-order valence-electron chi connectivity index (χ0n) is 17.9. The van der Waals surface area contributed by atoms with E-state index < -0.39 is 10.0 Å². The molecule has 160 valence electrons. The molecule has 2 aromatic carbocycles. The summed E-state index contributed by atoms with van der Waals surface area (Å²) >= 11 is 0. The first-order valence-corrected chi connectivity index (χ1v) is 12.1. The van der Waals surface area contributed by atoms with Gasteiger partial charge < -0.3 is 5.32 Å². The number of aryl methyl sites for hydroxylation is 3. The van der Waals surface area contributed by atoms with Crippen molar-refractivity contribution in [1.29, 1.82) is 0 Å². The molecular weight excluding hydrogens is 396 g/mol. The Bertz CT molecular complexity index is 1050. The van der Waals surface area contributed by atoms with Crippen LogP contribution in [0.25, 0.3) is 0 Å². The minimum atomic E-state index is -3.87. The van der Waals surface area contributed by atoms with Crippen LogP contribution in [0.1, 0.15) is 42.4 Å². The van der Waals surface area contributed by atoms with Crippen molar-refractivity contribution in [2.45, 2.75) is 57.4 Å². The Balaban J connectivity index is 1.62. The molecule has 0 aromatic heterocycles. The molecule has 2 aliphatic rings. The smallest absolute Gasteiger partial charge is 0.264 e. The van der Waals surface area contributed by atoms with Gasteiger partial charge in [-0.15, -0.1) is 0 Å². The van der Waals surface area contributed by atoms with E-state index in [2.05, 4.69) is 5.32 Å². The molecule has 0 spiro atoms. The monoisotopic (exact) mass is 426 g/mol. The second-order valence-corrected chi connectivity index (χ2v) is 10.8. The molecule has 0 heterocycles. The number of fused-ring (bicyclic) bond motifs is 2. The van der Waals surface area contributed by atoms with Crippen molar-refractivity contribution in [3.05, 3.63) is 59.2 Å². The van der Waals surface area contributed by atoms with Gasteiger partial charge in [-0.3, -0.25) is 9.10 Å². The standard InChI is InChI=1S/C24H30N2O3S/c1-16-4-10-22(11-5-16)30(28,29)26(21-9-6-17(2)18(3)12-21)15-24(27)25-23-14-19-7-8-20(23)13-19/h4-6,9-12,19-20,23H,7-8,13-15H2,1-3H3,(H,25,27)/t19-,20-,23-/m1/s1. The summed E-state index contributed by atoms with van der Waals surface area (Å²) < 4.78 is 28.2. The zero-order chi connectivity index (χ0) is 21.5. The molecule has 6 heteroatoms. The maximum Gasteiger partial charge on any atom is 0.264 e. The average Bonchev–Trinajstić information content (AvgIpc) is 3.32. The number of rotatable bonds is 6. The molecule has 2 saturated carbocycles. The molecule has 4 rings (SSSR count). The summed E-state index contributed by atoms with van der Waals surface area (Å²) in [5.74, 6) is 1.02. The SMILES string of the molecule is Cc1ccc(S(=O)(=O)N(CC(=O)N[C@@H]2C[C@@H]3CC[C@@H]2C3)c2ccc(C)c(C)c2)cc1. The molecule has 2 aromatic rings. The van der Waals surface area contributed by atoms with E-state index in [1.807, 2.05) is 32.9 Å². The number of carbonyl (C=O) groups is 1. The second-order valence-electron chi connectivity index (χ2n) is 8.94. The first kappa shape index (κ1) is 20.9. The van der Waals surface area contributed by atoms with E-state index in [0.29, 0.717) is 17.5 Å². The van der Waals surface area contributed by atoms with E-state index in [4.69, 9.17) is 0 Å². The van der Waals surface area contributed by atoms with Crippen LogP contribution in [0.15, 0.2) is 47.4 Å². The zero-order valence-corrected chi connectivity index (χ0v) is 18.7. The van der Waals surface area contributed by atoms with E-state index in [1.54, 1.807) is 30.3 Å². The maximum absolute atomic E-state index is 13.5. The third kappa shape index (κ3) is 4.10. The number of benzene rings is 2. The molecule has 1 N–H and O–H groups in total. The predicted molar refractivity (Wildman–Crippen MR) is 119 cm³/mol. The van der Waals surface area contributed by atoms with Gasteiger partial charge in [0.1, 0.15) is 6.54 Å². The summed E-state index contributed by atoms with van der Waals surface area (Å²) in [5.41, 5.74) is 3.57. The highest BCUT2D eigenvalue weighted by atomic mass is 32.2. The largest absolute Gasteiger partial charge is 0.352 e. The van der Waals surface area contributed by atoms with Gasteiger partial charge in [-0.1, -0.05) is 30.2 Å². The fourth-order valence-electron chi connectivity index (χ4n) is 4.84. The summed E-state index contributed by atoms with van der Waals surface area (Å²) in [6.07, 6.45) is 4.63. The number of anilines is 1. The van der Waals surface area contributed by atoms with Gasteiger partial charge in [-0.25, -0.2) is 8.42 Å². The fourth-order valence-corrected chi connectivity index (χ4v) is 6.25. The van der Waals surface area contributed by atoms with E-state index in [-0.39, 0.29) is 23.4 Å². The number of nitrogens with zero attached hydrogens (tertiary/aromatic N) is 1. The molecule has 0 unspecified atom stereocenters. The molecular formula is C24H30N2O3S. The molecule has 0 radical (unpaired) electrons. The summed E-state index contributed by atoms with van der Waals surface area (Å²) in [6.45, 7) is 5.64. The van der Waals surface area contributed by atoms with Crippen LogP contribution in [0.3, 0.4) is 0 Å². The Hall–Kier alpha value is -2.34. The third-order valence-corrected chi connectivity index (χ3v) is 8.55. The lowest BCUT2D eigenvalue weighted by Gasteiger charge is -2.27. The number of carbonyl (C=O) groups excluding carboxylic acids is 1. The molecule has 2 aliphatic carbocycles. The summed E-state index contributed by atoms with van der Waals surface area (Å²) in [4.78, 5) is 13.1. The number of hydrogen-bond acceptors (Lipinski definition) is 3. The van der Waals surface area contributed by atoms with Gasteiger partial charge in [0.15, 0.2) is 0 Å². The van der Waals surface area contributed by atoms with Crippen LogP contribution >= 0.6 is 0 Å². The Morgan fingerprint density at radius 3 is 2.33 bits per heavy atom. The van der Waals surface area contributed by atoms with Crippen molar-refractivity contribution >= 4 is 21.6 Å². The molecule has 1 amide bonds. The average molecular weight is 427 g/mol. The Labute approximate surface area is 179 Å². The van der Waals surface area contributed by atoms with Gasteiger partial charge in [0.2, 0.25) is 5.91 Å². The molecule has 30 heavy (non-hydrogen) atoms. The second kappa shape index (κ2) is 8.06. The van der Waals surface area contributed by atoms with Crippen molar-refractivity contribution in [2.24, 2.45) is 11.8 Å².